The number of hydrogen-bond acceptors (Lipinski definition) is 2. The molecule has 0 aliphatic heterocycles. The molecule has 2 heteroatoms. The lowest BCUT2D eigenvalue weighted by Gasteiger charge is -2.22. The smallest absolute Gasteiger partial charge is 0.217 e. The highest BCUT2D eigenvalue weighted by atomic mass is 16.1. The molecule has 3 aromatic rings. The Labute approximate surface area is 154 Å². The van der Waals surface area contributed by atoms with E-state index in [2.05, 4.69) is 84.9 Å². The number of fused-ring (bicyclic) bond motifs is 3. The molecule has 1 aliphatic rings. The maximum atomic E-state index is 11.4. The second-order valence-electron chi connectivity index (χ2n) is 6.51. The third-order valence-electron chi connectivity index (χ3n) is 4.95. The van der Waals surface area contributed by atoms with Gasteiger partial charge in [-0.15, -0.1) is 6.58 Å². The first-order valence-electron chi connectivity index (χ1n) is 8.85. The van der Waals surface area contributed by atoms with E-state index >= 15 is 0 Å². The molecule has 2 unspecified atom stereocenters. The topological polar surface area (TPSA) is 29.1 Å². The van der Waals surface area contributed by atoms with Gasteiger partial charge in [0, 0.05) is 0 Å². The summed E-state index contributed by atoms with van der Waals surface area (Å²) in [6, 6.07) is 24.8. The number of rotatable bonds is 6. The quantitative estimate of drug-likeness (QED) is 0.636. The summed E-state index contributed by atoms with van der Waals surface area (Å²) in [5, 5.41) is 3.49. The predicted molar refractivity (Wildman–Crippen MR) is 107 cm³/mol. The second-order valence-corrected chi connectivity index (χ2v) is 6.51. The molecule has 127 valence electrons. The van der Waals surface area contributed by atoms with Crippen molar-refractivity contribution >= 4 is 6.29 Å². The van der Waals surface area contributed by atoms with Gasteiger partial charge in [0.1, 0.15) is 0 Å². The molecule has 1 radical (unpaired) electrons. The van der Waals surface area contributed by atoms with Gasteiger partial charge in [-0.2, -0.15) is 0 Å². The number of hydrogen-bond donors (Lipinski definition) is 1. The van der Waals surface area contributed by atoms with Crippen LogP contribution in [0.2, 0.25) is 0 Å². The second kappa shape index (κ2) is 7.11. The molecule has 0 heterocycles. The van der Waals surface area contributed by atoms with Crippen molar-refractivity contribution in [2.75, 3.05) is 0 Å². The van der Waals surface area contributed by atoms with Crippen LogP contribution >= 0.6 is 0 Å². The van der Waals surface area contributed by atoms with Gasteiger partial charge >= 0.3 is 0 Å². The zero-order valence-corrected chi connectivity index (χ0v) is 14.5. The van der Waals surface area contributed by atoms with Gasteiger partial charge in [-0.3, -0.25) is 10.1 Å². The van der Waals surface area contributed by atoms with E-state index in [-0.39, 0.29) is 12.1 Å². The van der Waals surface area contributed by atoms with Crippen molar-refractivity contribution in [2.45, 2.75) is 18.5 Å². The normalized spacial score (nSPS) is 15.8. The van der Waals surface area contributed by atoms with Crippen LogP contribution in [0.4, 0.5) is 0 Å². The minimum Gasteiger partial charge on any atom is -0.296 e. The van der Waals surface area contributed by atoms with Gasteiger partial charge in [0.25, 0.3) is 0 Å². The molecular weight excluding hydrogens is 318 g/mol. The van der Waals surface area contributed by atoms with Crippen molar-refractivity contribution < 1.29 is 4.79 Å². The average Bonchev–Trinajstić information content (AvgIpc) is 3.02. The number of nitrogens with one attached hydrogen (secondary N) is 1. The van der Waals surface area contributed by atoms with Crippen LogP contribution < -0.4 is 5.32 Å². The van der Waals surface area contributed by atoms with Crippen molar-refractivity contribution in [1.82, 2.24) is 5.32 Å². The molecule has 3 aromatic carbocycles. The first-order valence-corrected chi connectivity index (χ1v) is 8.85. The highest BCUT2D eigenvalue weighted by Gasteiger charge is 2.32. The fourth-order valence-corrected chi connectivity index (χ4v) is 3.82. The molecule has 2 nitrogen and oxygen atoms in total. The molecule has 0 saturated carbocycles. The molecule has 0 fully saturated rings. The lowest BCUT2D eigenvalue weighted by atomic mass is 9.93. The molecular formula is C24H20NO. The summed E-state index contributed by atoms with van der Waals surface area (Å²) in [5.41, 5.74) is 7.25. The van der Waals surface area contributed by atoms with E-state index in [4.69, 9.17) is 0 Å². The standard InChI is InChI=1S/C24H20NO/c1-2-9-18(16-26)25-24-22-13-7-6-12-20(22)21-15-8-14-19(23(21)24)17-10-4-3-5-11-17/h2-8,10-15,18,24-25H,1,9H2. The Balaban J connectivity index is 1.88. The summed E-state index contributed by atoms with van der Waals surface area (Å²) in [6.07, 6.45) is 4.44. The van der Waals surface area contributed by atoms with Crippen LogP contribution in [0.1, 0.15) is 23.6 Å². The van der Waals surface area contributed by atoms with E-state index in [1.807, 2.05) is 6.07 Å². The largest absolute Gasteiger partial charge is 0.296 e. The Morgan fingerprint density at radius 1 is 0.923 bits per heavy atom. The van der Waals surface area contributed by atoms with E-state index in [0.29, 0.717) is 6.42 Å². The van der Waals surface area contributed by atoms with Crippen LogP contribution in [0.3, 0.4) is 0 Å². The lowest BCUT2D eigenvalue weighted by molar-refractivity contribution is 0.498. The zero-order valence-electron chi connectivity index (χ0n) is 14.5. The van der Waals surface area contributed by atoms with Crippen LogP contribution in [0, 0.1) is 0 Å². The molecule has 0 saturated heterocycles. The maximum Gasteiger partial charge on any atom is 0.217 e. The van der Waals surface area contributed by atoms with Crippen molar-refractivity contribution in [1.29, 1.82) is 0 Å². The summed E-state index contributed by atoms with van der Waals surface area (Å²) >= 11 is 0. The van der Waals surface area contributed by atoms with E-state index < -0.39 is 0 Å². The molecule has 4 rings (SSSR count). The van der Waals surface area contributed by atoms with E-state index in [9.17, 15) is 4.79 Å². The van der Waals surface area contributed by atoms with Gasteiger partial charge in [-0.05, 0) is 39.8 Å². The number of benzene rings is 3. The molecule has 0 amide bonds. The van der Waals surface area contributed by atoms with Gasteiger partial charge in [-0.25, -0.2) is 0 Å². The van der Waals surface area contributed by atoms with Crippen LogP contribution in [0.15, 0.2) is 85.5 Å². The van der Waals surface area contributed by atoms with E-state index in [1.165, 1.54) is 33.4 Å². The monoisotopic (exact) mass is 338 g/mol. The van der Waals surface area contributed by atoms with Crippen LogP contribution in [0.5, 0.6) is 0 Å². The minimum absolute atomic E-state index is 0.0380. The number of carbonyl (C=O) groups excluding carboxylic acids is 1. The molecule has 26 heavy (non-hydrogen) atoms. The van der Waals surface area contributed by atoms with Gasteiger partial charge < -0.3 is 0 Å². The van der Waals surface area contributed by atoms with Crippen LogP contribution in [-0.2, 0) is 4.79 Å². The predicted octanol–water partition coefficient (Wildman–Crippen LogP) is 5.07. The summed E-state index contributed by atoms with van der Waals surface area (Å²) in [6.45, 7) is 3.76. The molecule has 2 atom stereocenters. The highest BCUT2D eigenvalue weighted by Crippen LogP contribution is 2.47. The Morgan fingerprint density at radius 2 is 1.62 bits per heavy atom. The Bertz CT molecular complexity index is 945. The van der Waals surface area contributed by atoms with Crippen LogP contribution in [0.25, 0.3) is 22.3 Å². The highest BCUT2D eigenvalue weighted by molar-refractivity contribution is 5.86. The summed E-state index contributed by atoms with van der Waals surface area (Å²) in [5.74, 6) is 0. The SMILES string of the molecule is C=CCC([C]=O)NC1c2ccccc2-c2cccc(-c3ccccc3)c21. The van der Waals surface area contributed by atoms with Crippen LogP contribution in [-0.4, -0.2) is 12.3 Å². The Morgan fingerprint density at radius 3 is 2.38 bits per heavy atom. The van der Waals surface area contributed by atoms with Gasteiger partial charge in [0.05, 0.1) is 12.1 Å². The molecule has 1 aliphatic carbocycles. The molecule has 0 aromatic heterocycles. The summed E-state index contributed by atoms with van der Waals surface area (Å²) < 4.78 is 0. The third-order valence-corrected chi connectivity index (χ3v) is 4.95. The molecule has 0 bridgehead atoms. The Kier molecular flexibility index (Phi) is 4.51. The van der Waals surface area contributed by atoms with Crippen molar-refractivity contribution in [2.24, 2.45) is 0 Å². The van der Waals surface area contributed by atoms with Crippen molar-refractivity contribution in [3.05, 3.63) is 96.6 Å². The Hall–Kier alpha value is -2.97. The van der Waals surface area contributed by atoms with Crippen molar-refractivity contribution in [3.63, 3.8) is 0 Å². The minimum atomic E-state index is -0.375. The van der Waals surface area contributed by atoms with Gasteiger partial charge in [-0.1, -0.05) is 78.9 Å². The first kappa shape index (κ1) is 16.5. The fourth-order valence-electron chi connectivity index (χ4n) is 3.82. The van der Waals surface area contributed by atoms with Gasteiger partial charge in [0.2, 0.25) is 6.29 Å². The van der Waals surface area contributed by atoms with Crippen molar-refractivity contribution in [3.8, 4) is 22.3 Å². The fraction of sp³-hybridized carbons (Fsp3) is 0.125. The van der Waals surface area contributed by atoms with Gasteiger partial charge in [0.15, 0.2) is 0 Å². The average molecular weight is 338 g/mol. The lowest BCUT2D eigenvalue weighted by Crippen LogP contribution is -2.33. The summed E-state index contributed by atoms with van der Waals surface area (Å²) in [4.78, 5) is 11.4. The molecule has 0 spiro atoms. The third kappa shape index (κ3) is 2.79. The molecule has 1 N–H and O–H groups in total. The zero-order chi connectivity index (χ0) is 17.9. The van der Waals surface area contributed by atoms with E-state index in [1.54, 1.807) is 6.08 Å². The van der Waals surface area contributed by atoms with E-state index in [0.717, 1.165) is 0 Å². The maximum absolute atomic E-state index is 11.4. The summed E-state index contributed by atoms with van der Waals surface area (Å²) in [7, 11) is 0. The first-order chi connectivity index (χ1) is 12.8.